The number of hydrogen-bond donors (Lipinski definition) is 0. The van der Waals surface area contributed by atoms with Gasteiger partial charge in [0, 0.05) is 0 Å². The Morgan fingerprint density at radius 2 is 1.30 bits per heavy atom. The zero-order valence-electron chi connectivity index (χ0n) is 12.6. The van der Waals surface area contributed by atoms with E-state index in [4.69, 9.17) is 9.47 Å². The third-order valence-electron chi connectivity index (χ3n) is 3.10. The molecule has 5 nitrogen and oxygen atoms in total. The van der Waals surface area contributed by atoms with Gasteiger partial charge in [-0.2, -0.15) is 0 Å². The summed E-state index contributed by atoms with van der Waals surface area (Å²) in [5.41, 5.74) is 0.582. The molecule has 1 unspecified atom stereocenters. The highest BCUT2D eigenvalue weighted by Crippen LogP contribution is 2.09. The van der Waals surface area contributed by atoms with Crippen LogP contribution in [-0.2, 0) is 14.3 Å². The maximum absolute atomic E-state index is 12.0. The number of carbonyl (C=O) groups excluding carboxylic acids is 3. The van der Waals surface area contributed by atoms with Gasteiger partial charge in [-0.3, -0.25) is 0 Å². The van der Waals surface area contributed by atoms with Crippen molar-refractivity contribution in [2.45, 2.75) is 19.4 Å². The van der Waals surface area contributed by atoms with Crippen LogP contribution in [0.15, 0.2) is 60.7 Å². The van der Waals surface area contributed by atoms with E-state index in [1.165, 1.54) is 12.1 Å². The third-order valence-corrected chi connectivity index (χ3v) is 3.10. The summed E-state index contributed by atoms with van der Waals surface area (Å²) in [6.07, 6.45) is -0.921. The quantitative estimate of drug-likeness (QED) is 0.627. The van der Waals surface area contributed by atoms with Crippen molar-refractivity contribution in [1.29, 1.82) is 0 Å². The Labute approximate surface area is 133 Å². The molecule has 0 saturated heterocycles. The van der Waals surface area contributed by atoms with Gasteiger partial charge in [0.1, 0.15) is 0 Å². The summed E-state index contributed by atoms with van der Waals surface area (Å²) in [7, 11) is 0. The van der Waals surface area contributed by atoms with E-state index in [1.54, 1.807) is 55.5 Å². The summed E-state index contributed by atoms with van der Waals surface area (Å²) in [6, 6.07) is 16.4. The van der Waals surface area contributed by atoms with E-state index in [2.05, 4.69) is 0 Å². The van der Waals surface area contributed by atoms with Crippen molar-refractivity contribution in [1.82, 2.24) is 0 Å². The molecule has 0 bridgehead atoms. The zero-order chi connectivity index (χ0) is 16.7. The second-order valence-electron chi connectivity index (χ2n) is 4.74. The van der Waals surface area contributed by atoms with Crippen LogP contribution in [-0.4, -0.2) is 24.0 Å². The van der Waals surface area contributed by atoms with E-state index in [1.807, 2.05) is 0 Å². The van der Waals surface area contributed by atoms with Crippen molar-refractivity contribution in [3.8, 4) is 0 Å². The van der Waals surface area contributed by atoms with Gasteiger partial charge in [-0.1, -0.05) is 43.3 Å². The lowest BCUT2D eigenvalue weighted by Crippen LogP contribution is -2.30. The molecule has 0 saturated carbocycles. The molecule has 0 aromatic heterocycles. The van der Waals surface area contributed by atoms with Gasteiger partial charge in [-0.05, 0) is 30.7 Å². The normalized spacial score (nSPS) is 11.3. The van der Waals surface area contributed by atoms with Crippen LogP contribution in [0.1, 0.15) is 34.1 Å². The minimum absolute atomic E-state index is 0.208. The van der Waals surface area contributed by atoms with Gasteiger partial charge >= 0.3 is 17.9 Å². The maximum atomic E-state index is 12.0. The molecule has 0 spiro atoms. The van der Waals surface area contributed by atoms with Crippen molar-refractivity contribution in [3.05, 3.63) is 71.8 Å². The first-order valence-corrected chi connectivity index (χ1v) is 7.19. The zero-order valence-corrected chi connectivity index (χ0v) is 12.6. The number of benzene rings is 2. The van der Waals surface area contributed by atoms with Crippen molar-refractivity contribution < 1.29 is 23.9 Å². The number of carbonyl (C=O) groups is 3. The van der Waals surface area contributed by atoms with E-state index in [-0.39, 0.29) is 12.0 Å². The molecule has 0 amide bonds. The summed E-state index contributed by atoms with van der Waals surface area (Å²) in [5.74, 6) is -2.29. The smallest absolute Gasteiger partial charge is 0.355 e. The molecular weight excluding hydrogens is 296 g/mol. The number of esters is 3. The van der Waals surface area contributed by atoms with Crippen LogP contribution < -0.4 is 0 Å². The molecule has 2 aromatic carbocycles. The Hall–Kier alpha value is -2.95. The van der Waals surface area contributed by atoms with Crippen molar-refractivity contribution in [3.63, 3.8) is 0 Å². The van der Waals surface area contributed by atoms with Crippen molar-refractivity contribution in [2.75, 3.05) is 0 Å². The molecule has 23 heavy (non-hydrogen) atoms. The lowest BCUT2D eigenvalue weighted by Gasteiger charge is -2.14. The van der Waals surface area contributed by atoms with Gasteiger partial charge in [-0.15, -0.1) is 0 Å². The lowest BCUT2D eigenvalue weighted by molar-refractivity contribution is -0.148. The first-order valence-electron chi connectivity index (χ1n) is 7.19. The Morgan fingerprint density at radius 3 is 1.78 bits per heavy atom. The van der Waals surface area contributed by atoms with Crippen LogP contribution in [0.25, 0.3) is 0 Å². The first-order chi connectivity index (χ1) is 11.1. The van der Waals surface area contributed by atoms with Crippen LogP contribution >= 0.6 is 0 Å². The Balaban J connectivity index is 1.99. The molecule has 5 heteroatoms. The molecule has 0 heterocycles. The third kappa shape index (κ3) is 4.51. The van der Waals surface area contributed by atoms with E-state index < -0.39 is 24.0 Å². The van der Waals surface area contributed by atoms with Gasteiger partial charge in [-0.25, -0.2) is 14.4 Å². The van der Waals surface area contributed by atoms with Gasteiger partial charge in [0.15, 0.2) is 6.10 Å². The summed E-state index contributed by atoms with van der Waals surface area (Å²) in [4.78, 5) is 35.8. The maximum Gasteiger partial charge on any atom is 0.355 e. The van der Waals surface area contributed by atoms with Crippen molar-refractivity contribution >= 4 is 17.9 Å². The van der Waals surface area contributed by atoms with Crippen LogP contribution in [0.4, 0.5) is 0 Å². The second kappa shape index (κ2) is 7.89. The fourth-order valence-electron chi connectivity index (χ4n) is 1.86. The van der Waals surface area contributed by atoms with Gasteiger partial charge in [0.2, 0.25) is 0 Å². The van der Waals surface area contributed by atoms with Crippen LogP contribution in [0.3, 0.4) is 0 Å². The van der Waals surface area contributed by atoms with Gasteiger partial charge in [0.25, 0.3) is 0 Å². The van der Waals surface area contributed by atoms with Crippen LogP contribution in [0, 0.1) is 0 Å². The predicted molar refractivity (Wildman–Crippen MR) is 82.8 cm³/mol. The molecule has 1 atom stereocenters. The summed E-state index contributed by atoms with van der Waals surface area (Å²) >= 11 is 0. The van der Waals surface area contributed by atoms with Crippen LogP contribution in [0.5, 0.6) is 0 Å². The molecule has 0 N–H and O–H groups in total. The highest BCUT2D eigenvalue weighted by Gasteiger charge is 2.26. The van der Waals surface area contributed by atoms with E-state index in [0.29, 0.717) is 5.56 Å². The highest BCUT2D eigenvalue weighted by atomic mass is 16.6. The standard InChI is InChI=1S/C18H16O5/c1-2-15(22-16(19)13-9-5-3-6-10-13)18(21)23-17(20)14-11-7-4-8-12-14/h3-12,15H,2H2,1H3. The van der Waals surface area contributed by atoms with Gasteiger partial charge in [0.05, 0.1) is 11.1 Å². The molecule has 0 aliphatic carbocycles. The Bertz CT molecular complexity index is 679. The van der Waals surface area contributed by atoms with Gasteiger partial charge < -0.3 is 9.47 Å². The largest absolute Gasteiger partial charge is 0.447 e. The highest BCUT2D eigenvalue weighted by molar-refractivity contribution is 5.99. The second-order valence-corrected chi connectivity index (χ2v) is 4.74. The number of ether oxygens (including phenoxy) is 2. The molecule has 0 fully saturated rings. The van der Waals surface area contributed by atoms with Crippen LogP contribution in [0.2, 0.25) is 0 Å². The molecule has 118 valence electrons. The fraction of sp³-hybridized carbons (Fsp3) is 0.167. The Morgan fingerprint density at radius 1 is 0.826 bits per heavy atom. The molecule has 0 aliphatic heterocycles. The van der Waals surface area contributed by atoms with E-state index >= 15 is 0 Å². The van der Waals surface area contributed by atoms with E-state index in [9.17, 15) is 14.4 Å². The molecule has 0 aliphatic rings. The Kier molecular flexibility index (Phi) is 5.63. The summed E-state index contributed by atoms with van der Waals surface area (Å²) in [5, 5.41) is 0. The molecular formula is C18H16O5. The predicted octanol–water partition coefficient (Wildman–Crippen LogP) is 3.01. The SMILES string of the molecule is CCC(OC(=O)c1ccccc1)C(=O)OC(=O)c1ccccc1. The summed E-state index contributed by atoms with van der Waals surface area (Å²) < 4.78 is 9.89. The first kappa shape index (κ1) is 16.4. The summed E-state index contributed by atoms with van der Waals surface area (Å²) in [6.45, 7) is 1.66. The number of rotatable bonds is 5. The molecule has 2 rings (SSSR count). The van der Waals surface area contributed by atoms with E-state index in [0.717, 1.165) is 0 Å². The molecule has 2 aromatic rings. The molecule has 0 radical (unpaired) electrons. The topological polar surface area (TPSA) is 69.7 Å². The minimum Gasteiger partial charge on any atom is -0.447 e. The lowest BCUT2D eigenvalue weighted by atomic mass is 10.2. The van der Waals surface area contributed by atoms with Crippen molar-refractivity contribution in [2.24, 2.45) is 0 Å². The average molecular weight is 312 g/mol. The monoisotopic (exact) mass is 312 g/mol. The number of hydrogen-bond acceptors (Lipinski definition) is 5. The minimum atomic E-state index is -1.13. The average Bonchev–Trinajstić information content (AvgIpc) is 2.60. The fourth-order valence-corrected chi connectivity index (χ4v) is 1.86.